The van der Waals surface area contributed by atoms with Gasteiger partial charge < -0.3 is 10.2 Å². The summed E-state index contributed by atoms with van der Waals surface area (Å²) in [6.07, 6.45) is 8.49. The molecule has 0 aromatic heterocycles. The van der Waals surface area contributed by atoms with Crippen LogP contribution in [-0.4, -0.2) is 37.6 Å². The topological polar surface area (TPSA) is 15.3 Å². The third kappa shape index (κ3) is 3.33. The van der Waals surface area contributed by atoms with E-state index >= 15 is 0 Å². The Bertz CT molecular complexity index is 287. The Kier molecular flexibility index (Phi) is 4.94. The molecular weight excluding hydrogens is 232 g/mol. The Balaban J connectivity index is 1.93. The molecule has 0 amide bonds. The van der Waals surface area contributed by atoms with E-state index in [1.165, 1.54) is 45.1 Å². The first-order valence-corrected chi connectivity index (χ1v) is 8.33. The summed E-state index contributed by atoms with van der Waals surface area (Å²) in [6.45, 7) is 8.59. The van der Waals surface area contributed by atoms with Gasteiger partial charge in [-0.2, -0.15) is 0 Å². The second-order valence-corrected chi connectivity index (χ2v) is 7.82. The molecular formula is C17H34N2. The second-order valence-electron chi connectivity index (χ2n) is 7.82. The van der Waals surface area contributed by atoms with Crippen LogP contribution >= 0.6 is 0 Å². The lowest BCUT2D eigenvalue weighted by molar-refractivity contribution is 0.111. The molecule has 0 saturated heterocycles. The lowest BCUT2D eigenvalue weighted by atomic mass is 9.83. The zero-order valence-corrected chi connectivity index (χ0v) is 13.7. The van der Waals surface area contributed by atoms with Crippen molar-refractivity contribution in [2.45, 2.75) is 71.4 Å². The molecule has 112 valence electrons. The highest BCUT2D eigenvalue weighted by molar-refractivity contribution is 4.97. The Hall–Kier alpha value is -0.0800. The molecule has 0 radical (unpaired) electrons. The molecule has 0 bridgehead atoms. The summed E-state index contributed by atoms with van der Waals surface area (Å²) < 4.78 is 0. The highest BCUT2D eigenvalue weighted by Crippen LogP contribution is 2.42. The molecule has 2 saturated carbocycles. The highest BCUT2D eigenvalue weighted by Gasteiger charge is 2.41. The molecule has 2 rings (SSSR count). The van der Waals surface area contributed by atoms with E-state index < -0.39 is 0 Å². The summed E-state index contributed by atoms with van der Waals surface area (Å²) >= 11 is 0. The fourth-order valence-corrected chi connectivity index (χ4v) is 4.80. The molecule has 19 heavy (non-hydrogen) atoms. The Morgan fingerprint density at radius 2 is 1.84 bits per heavy atom. The third-order valence-corrected chi connectivity index (χ3v) is 5.94. The molecule has 2 heteroatoms. The average molecular weight is 266 g/mol. The highest BCUT2D eigenvalue weighted by atomic mass is 15.1. The average Bonchev–Trinajstić information content (AvgIpc) is 2.64. The van der Waals surface area contributed by atoms with Crippen LogP contribution in [0, 0.1) is 17.3 Å². The molecule has 0 heterocycles. The molecule has 1 N–H and O–H groups in total. The Morgan fingerprint density at radius 3 is 2.47 bits per heavy atom. The van der Waals surface area contributed by atoms with E-state index in [4.69, 9.17) is 0 Å². The van der Waals surface area contributed by atoms with E-state index in [1.54, 1.807) is 0 Å². The van der Waals surface area contributed by atoms with Gasteiger partial charge in [0.2, 0.25) is 0 Å². The van der Waals surface area contributed by atoms with E-state index in [1.807, 2.05) is 0 Å². The zero-order valence-electron chi connectivity index (χ0n) is 13.7. The van der Waals surface area contributed by atoms with Crippen molar-refractivity contribution in [3.05, 3.63) is 0 Å². The normalized spacial score (nSPS) is 38.8. The van der Waals surface area contributed by atoms with Crippen molar-refractivity contribution in [1.29, 1.82) is 0 Å². The summed E-state index contributed by atoms with van der Waals surface area (Å²) in [5.41, 5.74) is 0.471. The first kappa shape index (κ1) is 15.3. The van der Waals surface area contributed by atoms with Gasteiger partial charge in [0.25, 0.3) is 0 Å². The molecule has 2 aliphatic rings. The fourth-order valence-electron chi connectivity index (χ4n) is 4.80. The zero-order chi connectivity index (χ0) is 14.0. The molecule has 4 atom stereocenters. The maximum atomic E-state index is 3.60. The molecule has 0 aliphatic heterocycles. The van der Waals surface area contributed by atoms with Gasteiger partial charge in [-0.3, -0.25) is 0 Å². The SMILES string of the molecule is CNC1C(CN(C)C2CCCCC2C)CCC1(C)C. The first-order chi connectivity index (χ1) is 8.95. The third-order valence-electron chi connectivity index (χ3n) is 5.94. The van der Waals surface area contributed by atoms with Crippen LogP contribution in [0.5, 0.6) is 0 Å². The van der Waals surface area contributed by atoms with Crippen LogP contribution in [0.2, 0.25) is 0 Å². The molecule has 0 aromatic rings. The maximum Gasteiger partial charge on any atom is 0.0156 e. The van der Waals surface area contributed by atoms with E-state index in [0.717, 1.165) is 17.9 Å². The first-order valence-electron chi connectivity index (χ1n) is 8.33. The minimum absolute atomic E-state index is 0.471. The van der Waals surface area contributed by atoms with Crippen molar-refractivity contribution < 1.29 is 0 Å². The van der Waals surface area contributed by atoms with Crippen molar-refractivity contribution in [2.24, 2.45) is 17.3 Å². The summed E-state index contributed by atoms with van der Waals surface area (Å²) in [4.78, 5) is 2.68. The molecule has 0 aromatic carbocycles. The van der Waals surface area contributed by atoms with Crippen molar-refractivity contribution >= 4 is 0 Å². The van der Waals surface area contributed by atoms with Gasteiger partial charge in [-0.05, 0) is 57.0 Å². The van der Waals surface area contributed by atoms with Crippen molar-refractivity contribution in [2.75, 3.05) is 20.6 Å². The van der Waals surface area contributed by atoms with Crippen molar-refractivity contribution in [3.63, 3.8) is 0 Å². The van der Waals surface area contributed by atoms with Crippen LogP contribution in [-0.2, 0) is 0 Å². The molecule has 2 aliphatic carbocycles. The summed E-state index contributed by atoms with van der Waals surface area (Å²) in [7, 11) is 4.51. The standard InChI is InChI=1S/C17H34N2/c1-13-8-6-7-9-15(13)19(5)12-14-10-11-17(2,3)16(14)18-4/h13-16,18H,6-12H2,1-5H3. The van der Waals surface area contributed by atoms with Gasteiger partial charge in [0.15, 0.2) is 0 Å². The van der Waals surface area contributed by atoms with Gasteiger partial charge in [0, 0.05) is 18.6 Å². The van der Waals surface area contributed by atoms with Crippen LogP contribution in [0.25, 0.3) is 0 Å². The van der Waals surface area contributed by atoms with Gasteiger partial charge >= 0.3 is 0 Å². The number of hydrogen-bond acceptors (Lipinski definition) is 2. The minimum Gasteiger partial charge on any atom is -0.316 e. The van der Waals surface area contributed by atoms with Crippen LogP contribution in [0.1, 0.15) is 59.3 Å². The summed E-state index contributed by atoms with van der Waals surface area (Å²) in [5, 5.41) is 3.60. The molecule has 2 nitrogen and oxygen atoms in total. The largest absolute Gasteiger partial charge is 0.316 e. The predicted molar refractivity (Wildman–Crippen MR) is 83.4 cm³/mol. The van der Waals surface area contributed by atoms with Crippen LogP contribution in [0.3, 0.4) is 0 Å². The predicted octanol–water partition coefficient (Wildman–Crippen LogP) is 3.52. The molecule has 4 unspecified atom stereocenters. The van der Waals surface area contributed by atoms with E-state index in [0.29, 0.717) is 11.5 Å². The van der Waals surface area contributed by atoms with Gasteiger partial charge in [0.05, 0.1) is 0 Å². The Morgan fingerprint density at radius 1 is 1.16 bits per heavy atom. The van der Waals surface area contributed by atoms with Crippen molar-refractivity contribution in [3.8, 4) is 0 Å². The van der Waals surface area contributed by atoms with Gasteiger partial charge in [-0.1, -0.05) is 33.6 Å². The number of hydrogen-bond donors (Lipinski definition) is 1. The summed E-state index contributed by atoms with van der Waals surface area (Å²) in [5.74, 6) is 1.72. The lowest BCUT2D eigenvalue weighted by Crippen LogP contribution is -2.47. The van der Waals surface area contributed by atoms with E-state index in [9.17, 15) is 0 Å². The number of nitrogens with one attached hydrogen (secondary N) is 1. The van der Waals surface area contributed by atoms with Gasteiger partial charge in [-0.15, -0.1) is 0 Å². The van der Waals surface area contributed by atoms with Crippen LogP contribution in [0.4, 0.5) is 0 Å². The second kappa shape index (κ2) is 6.13. The van der Waals surface area contributed by atoms with Crippen LogP contribution in [0.15, 0.2) is 0 Å². The monoisotopic (exact) mass is 266 g/mol. The van der Waals surface area contributed by atoms with E-state index in [-0.39, 0.29) is 0 Å². The van der Waals surface area contributed by atoms with Gasteiger partial charge in [-0.25, -0.2) is 0 Å². The molecule has 2 fully saturated rings. The van der Waals surface area contributed by atoms with Crippen LogP contribution < -0.4 is 5.32 Å². The minimum atomic E-state index is 0.471. The fraction of sp³-hybridized carbons (Fsp3) is 1.00. The smallest absolute Gasteiger partial charge is 0.0156 e. The maximum absolute atomic E-state index is 3.60. The summed E-state index contributed by atoms with van der Waals surface area (Å²) in [6, 6.07) is 1.52. The number of rotatable bonds is 4. The Labute approximate surface area is 120 Å². The molecule has 0 spiro atoms. The van der Waals surface area contributed by atoms with Crippen molar-refractivity contribution in [1.82, 2.24) is 10.2 Å². The lowest BCUT2D eigenvalue weighted by Gasteiger charge is -2.39. The quantitative estimate of drug-likeness (QED) is 0.837. The van der Waals surface area contributed by atoms with E-state index in [2.05, 4.69) is 45.1 Å². The van der Waals surface area contributed by atoms with Gasteiger partial charge in [0.1, 0.15) is 0 Å². The number of nitrogens with zero attached hydrogens (tertiary/aromatic N) is 1.